The second-order valence-electron chi connectivity index (χ2n) is 7.44. The standard InChI is InChI=1S/C21H29N3O2/c1-6-13(2)22-21(25)18-11-14(3)24(20-10-8-7-9-17(18)20)12-19-15(4)23-26-16(19)5/h7-10,13-14,18H,6,11-12H2,1-5H3,(H,22,25)/t13-,14-,18-/m0/s1. The molecular formula is C21H29N3O2. The topological polar surface area (TPSA) is 58.4 Å². The van der Waals surface area contributed by atoms with Crippen LogP contribution in [0.5, 0.6) is 0 Å². The average molecular weight is 355 g/mol. The molecule has 2 aromatic rings. The maximum absolute atomic E-state index is 12.9. The quantitative estimate of drug-likeness (QED) is 0.878. The second kappa shape index (κ2) is 7.52. The summed E-state index contributed by atoms with van der Waals surface area (Å²) in [5.74, 6) is 0.899. The van der Waals surface area contributed by atoms with Crippen LogP contribution in [0.15, 0.2) is 28.8 Å². The number of carbonyl (C=O) groups is 1. The minimum atomic E-state index is -0.101. The third-order valence-electron chi connectivity index (χ3n) is 5.56. The normalized spacial score (nSPS) is 20.6. The van der Waals surface area contributed by atoms with Crippen molar-refractivity contribution < 1.29 is 9.32 Å². The molecule has 1 aromatic heterocycles. The van der Waals surface area contributed by atoms with Crippen LogP contribution < -0.4 is 10.2 Å². The first-order valence-electron chi connectivity index (χ1n) is 9.50. The highest BCUT2D eigenvalue weighted by Crippen LogP contribution is 2.39. The number of hydrogen-bond acceptors (Lipinski definition) is 4. The van der Waals surface area contributed by atoms with Crippen LogP contribution in [0, 0.1) is 13.8 Å². The van der Waals surface area contributed by atoms with Crippen molar-refractivity contribution in [3.63, 3.8) is 0 Å². The molecule has 0 bridgehead atoms. The summed E-state index contributed by atoms with van der Waals surface area (Å²) in [5, 5.41) is 7.24. The fourth-order valence-corrected chi connectivity index (χ4v) is 3.71. The molecule has 0 saturated heterocycles. The van der Waals surface area contributed by atoms with Crippen molar-refractivity contribution in [2.24, 2.45) is 0 Å². The maximum Gasteiger partial charge on any atom is 0.227 e. The van der Waals surface area contributed by atoms with Crippen LogP contribution in [0.3, 0.4) is 0 Å². The molecule has 0 saturated carbocycles. The predicted molar refractivity (Wildman–Crippen MR) is 103 cm³/mol. The molecule has 1 N–H and O–H groups in total. The lowest BCUT2D eigenvalue weighted by Crippen LogP contribution is -2.44. The van der Waals surface area contributed by atoms with Crippen molar-refractivity contribution in [1.29, 1.82) is 0 Å². The molecule has 1 aliphatic heterocycles. The Morgan fingerprint density at radius 3 is 2.77 bits per heavy atom. The predicted octanol–water partition coefficient (Wildman–Crippen LogP) is 4.09. The van der Waals surface area contributed by atoms with Crippen LogP contribution in [0.1, 0.15) is 62.1 Å². The zero-order valence-electron chi connectivity index (χ0n) is 16.4. The van der Waals surface area contributed by atoms with E-state index in [0.717, 1.165) is 47.7 Å². The SMILES string of the molecule is CC[C@H](C)NC(=O)[C@H]1C[C@H](C)N(Cc2c(C)noc2C)c2ccccc21. The van der Waals surface area contributed by atoms with Gasteiger partial charge in [0.2, 0.25) is 5.91 Å². The highest BCUT2D eigenvalue weighted by Gasteiger charge is 2.34. The molecule has 3 rings (SSSR count). The molecule has 26 heavy (non-hydrogen) atoms. The fourth-order valence-electron chi connectivity index (χ4n) is 3.71. The Morgan fingerprint density at radius 2 is 2.12 bits per heavy atom. The molecule has 1 amide bonds. The van der Waals surface area contributed by atoms with Crippen molar-refractivity contribution in [3.05, 3.63) is 46.8 Å². The summed E-state index contributed by atoms with van der Waals surface area (Å²) < 4.78 is 5.33. The summed E-state index contributed by atoms with van der Waals surface area (Å²) >= 11 is 0. The lowest BCUT2D eigenvalue weighted by molar-refractivity contribution is -0.123. The highest BCUT2D eigenvalue weighted by molar-refractivity contribution is 5.87. The van der Waals surface area contributed by atoms with Crippen molar-refractivity contribution in [2.45, 2.75) is 72.0 Å². The average Bonchev–Trinajstić information content (AvgIpc) is 2.95. The Labute approximate surface area is 155 Å². The van der Waals surface area contributed by atoms with Gasteiger partial charge in [0.15, 0.2) is 0 Å². The molecule has 1 aliphatic rings. The first kappa shape index (κ1) is 18.5. The second-order valence-corrected chi connectivity index (χ2v) is 7.44. The third-order valence-corrected chi connectivity index (χ3v) is 5.56. The molecule has 5 heteroatoms. The van der Waals surface area contributed by atoms with Gasteiger partial charge in [-0.1, -0.05) is 30.3 Å². The number of nitrogens with one attached hydrogen (secondary N) is 1. The van der Waals surface area contributed by atoms with Gasteiger partial charge in [-0.25, -0.2) is 0 Å². The van der Waals surface area contributed by atoms with Crippen LogP contribution in [0.2, 0.25) is 0 Å². The Balaban J connectivity index is 1.91. The molecule has 3 atom stereocenters. The molecule has 0 radical (unpaired) electrons. The number of nitrogens with zero attached hydrogens (tertiary/aromatic N) is 2. The van der Waals surface area contributed by atoms with Crippen molar-refractivity contribution in [1.82, 2.24) is 10.5 Å². The van der Waals surface area contributed by atoms with E-state index in [4.69, 9.17) is 4.52 Å². The van der Waals surface area contributed by atoms with Gasteiger partial charge < -0.3 is 14.7 Å². The first-order chi connectivity index (χ1) is 12.4. The lowest BCUT2D eigenvalue weighted by Gasteiger charge is -2.40. The van der Waals surface area contributed by atoms with Gasteiger partial charge in [-0.05, 0) is 52.2 Å². The number of rotatable bonds is 5. The summed E-state index contributed by atoms with van der Waals surface area (Å²) in [6, 6.07) is 8.72. The van der Waals surface area contributed by atoms with E-state index in [1.807, 2.05) is 26.0 Å². The molecule has 0 spiro atoms. The number of benzene rings is 1. The zero-order chi connectivity index (χ0) is 18.8. The molecule has 2 heterocycles. The minimum absolute atomic E-state index is 0.101. The van der Waals surface area contributed by atoms with Crippen LogP contribution in [0.25, 0.3) is 0 Å². The van der Waals surface area contributed by atoms with E-state index in [1.165, 1.54) is 0 Å². The number of aromatic nitrogens is 1. The van der Waals surface area contributed by atoms with Gasteiger partial charge in [-0.3, -0.25) is 4.79 Å². The molecule has 5 nitrogen and oxygen atoms in total. The van der Waals surface area contributed by atoms with E-state index in [9.17, 15) is 4.79 Å². The van der Waals surface area contributed by atoms with Gasteiger partial charge in [0, 0.05) is 29.9 Å². The van der Waals surface area contributed by atoms with Crippen molar-refractivity contribution in [2.75, 3.05) is 4.90 Å². The molecule has 140 valence electrons. The Kier molecular flexibility index (Phi) is 5.35. The van der Waals surface area contributed by atoms with Gasteiger partial charge in [0.05, 0.1) is 11.6 Å². The van der Waals surface area contributed by atoms with E-state index >= 15 is 0 Å². The number of aryl methyl sites for hydroxylation is 2. The van der Waals surface area contributed by atoms with Crippen LogP contribution in [-0.4, -0.2) is 23.1 Å². The van der Waals surface area contributed by atoms with E-state index in [1.54, 1.807) is 0 Å². The summed E-state index contributed by atoms with van der Waals surface area (Å²) in [7, 11) is 0. The fraction of sp³-hybridized carbons (Fsp3) is 0.524. The zero-order valence-corrected chi connectivity index (χ0v) is 16.4. The third kappa shape index (κ3) is 3.48. The highest BCUT2D eigenvalue weighted by atomic mass is 16.5. The number of anilines is 1. The first-order valence-corrected chi connectivity index (χ1v) is 9.50. The van der Waals surface area contributed by atoms with Crippen LogP contribution in [0.4, 0.5) is 5.69 Å². The molecular weight excluding hydrogens is 326 g/mol. The number of hydrogen-bond donors (Lipinski definition) is 1. The van der Waals surface area contributed by atoms with Gasteiger partial charge in [-0.2, -0.15) is 0 Å². The molecule has 1 aromatic carbocycles. The number of fused-ring (bicyclic) bond motifs is 1. The summed E-state index contributed by atoms with van der Waals surface area (Å²) in [4.78, 5) is 15.2. The van der Waals surface area contributed by atoms with Crippen LogP contribution in [-0.2, 0) is 11.3 Å². The van der Waals surface area contributed by atoms with E-state index in [2.05, 4.69) is 48.3 Å². The van der Waals surface area contributed by atoms with Crippen molar-refractivity contribution >= 4 is 11.6 Å². The Bertz CT molecular complexity index is 764. The van der Waals surface area contributed by atoms with Gasteiger partial charge in [0.1, 0.15) is 5.76 Å². The number of para-hydroxylation sites is 1. The number of carbonyl (C=O) groups excluding carboxylic acids is 1. The van der Waals surface area contributed by atoms with Crippen molar-refractivity contribution in [3.8, 4) is 0 Å². The summed E-state index contributed by atoms with van der Waals surface area (Å²) in [5.41, 5.74) is 4.31. The van der Waals surface area contributed by atoms with Gasteiger partial charge in [0.25, 0.3) is 0 Å². The van der Waals surface area contributed by atoms with E-state index in [-0.39, 0.29) is 23.9 Å². The monoisotopic (exact) mass is 355 g/mol. The summed E-state index contributed by atoms with van der Waals surface area (Å²) in [6.07, 6.45) is 1.75. The number of amides is 1. The van der Waals surface area contributed by atoms with Gasteiger partial charge >= 0.3 is 0 Å². The maximum atomic E-state index is 12.9. The summed E-state index contributed by atoms with van der Waals surface area (Å²) in [6.45, 7) is 11.0. The van der Waals surface area contributed by atoms with E-state index in [0.29, 0.717) is 0 Å². The minimum Gasteiger partial charge on any atom is -0.364 e. The van der Waals surface area contributed by atoms with Crippen LogP contribution >= 0.6 is 0 Å². The van der Waals surface area contributed by atoms with E-state index < -0.39 is 0 Å². The molecule has 0 aliphatic carbocycles. The molecule has 0 fully saturated rings. The molecule has 0 unspecified atom stereocenters. The lowest BCUT2D eigenvalue weighted by atomic mass is 9.85. The smallest absolute Gasteiger partial charge is 0.227 e. The Hall–Kier alpha value is -2.30. The van der Waals surface area contributed by atoms with Gasteiger partial charge in [-0.15, -0.1) is 0 Å². The Morgan fingerprint density at radius 1 is 1.38 bits per heavy atom. The largest absolute Gasteiger partial charge is 0.364 e.